The number of ether oxygens (including phenoxy) is 1. The molecule has 198 valence electrons. The number of piperidine rings is 1. The first-order valence-corrected chi connectivity index (χ1v) is 14.7. The molecule has 6 nitrogen and oxygen atoms in total. The molecule has 36 heavy (non-hydrogen) atoms. The largest absolute Gasteiger partial charge is 0.373 e. The highest BCUT2D eigenvalue weighted by molar-refractivity contribution is 7.89. The summed E-state index contributed by atoms with van der Waals surface area (Å²) in [6, 6.07) is 5.00. The quantitative estimate of drug-likeness (QED) is 0.504. The number of nitrogens with one attached hydrogen (secondary N) is 1. The van der Waals surface area contributed by atoms with Gasteiger partial charge in [-0.05, 0) is 86.9 Å². The minimum Gasteiger partial charge on any atom is -0.373 e. The predicted octanol–water partition coefficient (Wildman–Crippen LogP) is 4.92. The van der Waals surface area contributed by atoms with Crippen molar-refractivity contribution in [1.82, 2.24) is 9.62 Å². The standard InChI is InChI=1S/C26H33ClF2N2O4S/c1-15-24(29)21(26(32)30-36(3,33)34)13-20(18-4-5-18)25(15)35-14-17-8-10-31(11-9-17)16(2)19-6-7-22(27)23(28)12-19/h6-7,12-13,15-18,25H,4-5,8-11,14H2,1-3H3,(H,30,32)/t15?,16-,25?/m0/s1. The molecule has 3 aliphatic rings. The van der Waals surface area contributed by atoms with Crippen molar-refractivity contribution in [1.29, 1.82) is 0 Å². The Balaban J connectivity index is 1.36. The number of benzene rings is 1. The van der Waals surface area contributed by atoms with Crippen LogP contribution in [-0.4, -0.2) is 51.3 Å². The van der Waals surface area contributed by atoms with E-state index in [4.69, 9.17) is 16.3 Å². The van der Waals surface area contributed by atoms with Crippen molar-refractivity contribution in [3.8, 4) is 0 Å². The van der Waals surface area contributed by atoms with Gasteiger partial charge in [0.15, 0.2) is 0 Å². The summed E-state index contributed by atoms with van der Waals surface area (Å²) in [7, 11) is -3.80. The van der Waals surface area contributed by atoms with Gasteiger partial charge in [0, 0.05) is 12.0 Å². The maximum Gasteiger partial charge on any atom is 0.267 e. The first-order chi connectivity index (χ1) is 16.9. The number of carbonyl (C=O) groups is 1. The molecule has 0 spiro atoms. The summed E-state index contributed by atoms with van der Waals surface area (Å²) in [5.74, 6) is -2.14. The summed E-state index contributed by atoms with van der Waals surface area (Å²) in [6.07, 6.45) is 5.60. The Hall–Kier alpha value is -1.81. The molecule has 2 unspecified atom stereocenters. The number of sulfonamides is 1. The van der Waals surface area contributed by atoms with Crippen LogP contribution in [0, 0.1) is 23.6 Å². The number of halogens is 3. The molecular weight excluding hydrogens is 510 g/mol. The van der Waals surface area contributed by atoms with Gasteiger partial charge in [0.1, 0.15) is 11.6 Å². The molecule has 1 aromatic rings. The first kappa shape index (κ1) is 27.2. The molecule has 1 heterocycles. The number of rotatable bonds is 8. The molecular formula is C26H33ClF2N2O4S. The van der Waals surface area contributed by atoms with E-state index in [1.54, 1.807) is 13.0 Å². The Morgan fingerprint density at radius 2 is 1.89 bits per heavy atom. The molecule has 1 aliphatic heterocycles. The SMILES string of the molecule is CC1C(F)=C(C(=O)NS(C)(=O)=O)C=C(C2CC2)C1OCC1CCN([C@@H](C)c2ccc(Cl)c(F)c2)CC1. The van der Waals surface area contributed by atoms with Gasteiger partial charge in [0.2, 0.25) is 10.0 Å². The van der Waals surface area contributed by atoms with E-state index in [1.807, 2.05) is 10.8 Å². The molecule has 2 aliphatic carbocycles. The first-order valence-electron chi connectivity index (χ1n) is 12.4. The second-order valence-electron chi connectivity index (χ2n) is 10.3. The van der Waals surface area contributed by atoms with Crippen molar-refractivity contribution < 1.29 is 26.7 Å². The Bertz CT molecular complexity index is 1170. The van der Waals surface area contributed by atoms with Crippen LogP contribution < -0.4 is 4.72 Å². The minimum absolute atomic E-state index is 0.0668. The Labute approximate surface area is 216 Å². The monoisotopic (exact) mass is 542 g/mol. The molecule has 1 saturated carbocycles. The summed E-state index contributed by atoms with van der Waals surface area (Å²) in [4.78, 5) is 14.7. The highest BCUT2D eigenvalue weighted by Crippen LogP contribution is 2.45. The van der Waals surface area contributed by atoms with E-state index in [0.29, 0.717) is 12.5 Å². The topological polar surface area (TPSA) is 75.7 Å². The summed E-state index contributed by atoms with van der Waals surface area (Å²) in [6.45, 7) is 5.90. The Morgan fingerprint density at radius 3 is 2.47 bits per heavy atom. The lowest BCUT2D eigenvalue weighted by molar-refractivity contribution is -0.115. The third kappa shape index (κ3) is 6.36. The summed E-state index contributed by atoms with van der Waals surface area (Å²) in [5, 5.41) is 0.118. The van der Waals surface area contributed by atoms with Gasteiger partial charge in [-0.15, -0.1) is 0 Å². The van der Waals surface area contributed by atoms with E-state index in [0.717, 1.165) is 56.2 Å². The van der Waals surface area contributed by atoms with Crippen molar-refractivity contribution in [2.45, 2.75) is 51.7 Å². The maximum atomic E-state index is 15.2. The highest BCUT2D eigenvalue weighted by atomic mass is 35.5. The molecule has 2 fully saturated rings. The van der Waals surface area contributed by atoms with Crippen molar-refractivity contribution in [3.05, 3.63) is 57.7 Å². The van der Waals surface area contributed by atoms with Crippen LogP contribution in [-0.2, 0) is 19.6 Å². The smallest absolute Gasteiger partial charge is 0.267 e. The number of likely N-dealkylation sites (tertiary alicyclic amines) is 1. The molecule has 10 heteroatoms. The average molecular weight is 543 g/mol. The molecule has 1 N–H and O–H groups in total. The molecule has 1 saturated heterocycles. The van der Waals surface area contributed by atoms with E-state index in [2.05, 4.69) is 11.8 Å². The third-order valence-corrected chi connectivity index (χ3v) is 8.32. The fraction of sp³-hybridized carbons (Fsp3) is 0.577. The lowest BCUT2D eigenvalue weighted by Gasteiger charge is -2.37. The lowest BCUT2D eigenvalue weighted by atomic mass is 9.84. The second kappa shape index (κ2) is 10.9. The van der Waals surface area contributed by atoms with E-state index >= 15 is 4.39 Å². The van der Waals surface area contributed by atoms with Crippen LogP contribution in [0.5, 0.6) is 0 Å². The number of nitrogens with zero attached hydrogens (tertiary/aromatic N) is 1. The average Bonchev–Trinajstić information content (AvgIpc) is 3.66. The number of hydrogen-bond donors (Lipinski definition) is 1. The van der Waals surface area contributed by atoms with Gasteiger partial charge in [-0.25, -0.2) is 21.9 Å². The third-order valence-electron chi connectivity index (χ3n) is 7.46. The molecule has 1 aromatic carbocycles. The minimum atomic E-state index is -3.80. The normalized spacial score (nSPS) is 25.0. The molecule has 0 radical (unpaired) electrons. The summed E-state index contributed by atoms with van der Waals surface area (Å²) < 4.78 is 60.1. The van der Waals surface area contributed by atoms with Gasteiger partial charge in [-0.1, -0.05) is 24.6 Å². The van der Waals surface area contributed by atoms with Crippen LogP contribution in [0.25, 0.3) is 0 Å². The van der Waals surface area contributed by atoms with Crippen molar-refractivity contribution in [2.24, 2.45) is 17.8 Å². The van der Waals surface area contributed by atoms with E-state index in [9.17, 15) is 17.6 Å². The number of carbonyl (C=O) groups excluding carboxylic acids is 1. The Kier molecular flexibility index (Phi) is 8.24. The maximum absolute atomic E-state index is 15.2. The van der Waals surface area contributed by atoms with Crippen LogP contribution in [0.4, 0.5) is 8.78 Å². The summed E-state index contributed by atoms with van der Waals surface area (Å²) >= 11 is 5.81. The van der Waals surface area contributed by atoms with Crippen molar-refractivity contribution >= 4 is 27.5 Å². The Morgan fingerprint density at radius 1 is 1.22 bits per heavy atom. The summed E-state index contributed by atoms with van der Waals surface area (Å²) in [5.41, 5.74) is 1.54. The van der Waals surface area contributed by atoms with Gasteiger partial charge >= 0.3 is 0 Å². The van der Waals surface area contributed by atoms with Gasteiger partial charge in [0.25, 0.3) is 5.91 Å². The van der Waals surface area contributed by atoms with Crippen LogP contribution in [0.15, 0.2) is 41.2 Å². The van der Waals surface area contributed by atoms with Crippen molar-refractivity contribution in [2.75, 3.05) is 26.0 Å². The van der Waals surface area contributed by atoms with Crippen LogP contribution >= 0.6 is 11.6 Å². The van der Waals surface area contributed by atoms with Gasteiger partial charge < -0.3 is 4.74 Å². The van der Waals surface area contributed by atoms with E-state index in [1.165, 1.54) is 12.1 Å². The zero-order valence-corrected chi connectivity index (χ0v) is 22.3. The fourth-order valence-corrected chi connectivity index (χ4v) is 5.68. The van der Waals surface area contributed by atoms with Crippen molar-refractivity contribution in [3.63, 3.8) is 0 Å². The zero-order chi connectivity index (χ0) is 26.2. The van der Waals surface area contributed by atoms with E-state index in [-0.39, 0.29) is 22.6 Å². The van der Waals surface area contributed by atoms with E-state index < -0.39 is 39.6 Å². The molecule has 4 rings (SSSR count). The number of amides is 1. The van der Waals surface area contributed by atoms with Gasteiger partial charge in [-0.3, -0.25) is 9.69 Å². The molecule has 0 aromatic heterocycles. The van der Waals surface area contributed by atoms with Gasteiger partial charge in [0.05, 0.1) is 29.6 Å². The fourth-order valence-electron chi connectivity index (χ4n) is 5.12. The van der Waals surface area contributed by atoms with Crippen LogP contribution in [0.3, 0.4) is 0 Å². The molecule has 1 amide bonds. The van der Waals surface area contributed by atoms with Crippen LogP contribution in [0.1, 0.15) is 51.1 Å². The van der Waals surface area contributed by atoms with Gasteiger partial charge in [-0.2, -0.15) is 0 Å². The number of hydrogen-bond acceptors (Lipinski definition) is 5. The molecule has 3 atom stereocenters. The molecule has 0 bridgehead atoms. The second-order valence-corrected chi connectivity index (χ2v) is 12.4. The zero-order valence-electron chi connectivity index (χ0n) is 20.8. The van der Waals surface area contributed by atoms with Crippen LogP contribution in [0.2, 0.25) is 5.02 Å². The highest BCUT2D eigenvalue weighted by Gasteiger charge is 2.41. The lowest BCUT2D eigenvalue weighted by Crippen LogP contribution is -2.39. The predicted molar refractivity (Wildman–Crippen MR) is 135 cm³/mol.